The number of hydrogen-bond donors (Lipinski definition) is 2. The molecule has 3 nitrogen and oxygen atoms in total. The maximum absolute atomic E-state index is 12.3. The van der Waals surface area contributed by atoms with Gasteiger partial charge in [-0.25, -0.2) is 0 Å². The van der Waals surface area contributed by atoms with Crippen molar-refractivity contribution in [1.29, 1.82) is 0 Å². The van der Waals surface area contributed by atoms with Gasteiger partial charge in [0.15, 0.2) is 0 Å². The Morgan fingerprint density at radius 3 is 2.17 bits per heavy atom. The van der Waals surface area contributed by atoms with Crippen molar-refractivity contribution in [3.8, 4) is 0 Å². The average molecular weight is 258 g/mol. The molecule has 1 aliphatic rings. The van der Waals surface area contributed by atoms with Gasteiger partial charge in [-0.15, -0.1) is 0 Å². The number of carbonyl (C=O) groups excluding carboxylic acids is 1. The maximum atomic E-state index is 12.3. The summed E-state index contributed by atoms with van der Waals surface area (Å²) in [5.41, 5.74) is 4.52. The van der Waals surface area contributed by atoms with Crippen LogP contribution in [0.4, 0.5) is 18.9 Å². The first-order chi connectivity index (χ1) is 8.31. The van der Waals surface area contributed by atoms with Gasteiger partial charge >= 0.3 is 6.18 Å². The summed E-state index contributed by atoms with van der Waals surface area (Å²) in [5.74, 6) is -0.339. The van der Waals surface area contributed by atoms with Gasteiger partial charge in [0.25, 0.3) is 0 Å². The van der Waals surface area contributed by atoms with Gasteiger partial charge in [-0.05, 0) is 43.5 Å². The minimum absolute atomic E-state index is 0.324. The lowest BCUT2D eigenvalue weighted by atomic mass is 9.77. The van der Waals surface area contributed by atoms with Crippen LogP contribution in [-0.4, -0.2) is 11.4 Å². The predicted octanol–water partition coefficient (Wildman–Crippen LogP) is 2.53. The monoisotopic (exact) mass is 258 g/mol. The minimum atomic E-state index is -4.37. The summed E-state index contributed by atoms with van der Waals surface area (Å²) in [6.07, 6.45) is -2.25. The molecule has 0 unspecified atom stereocenters. The number of hydrogen-bond acceptors (Lipinski definition) is 2. The lowest BCUT2D eigenvalue weighted by molar-refractivity contribution is -0.137. The fourth-order valence-corrected chi connectivity index (χ4v) is 1.78. The zero-order chi connectivity index (χ0) is 13.4. The number of anilines is 1. The fraction of sp³-hybridized carbons (Fsp3) is 0.417. The van der Waals surface area contributed by atoms with Gasteiger partial charge in [0.05, 0.1) is 11.1 Å². The summed E-state index contributed by atoms with van der Waals surface area (Å²) < 4.78 is 37.0. The molecule has 0 aliphatic heterocycles. The number of nitrogens with two attached hydrogens (primary N) is 1. The van der Waals surface area contributed by atoms with Crippen LogP contribution in [0.25, 0.3) is 0 Å². The Kier molecular flexibility index (Phi) is 3.06. The smallest absolute Gasteiger partial charge is 0.324 e. The Hall–Kier alpha value is -1.56. The molecule has 0 radical (unpaired) electrons. The molecule has 1 saturated carbocycles. The summed E-state index contributed by atoms with van der Waals surface area (Å²) in [6.45, 7) is 0. The molecule has 0 saturated heterocycles. The second kappa shape index (κ2) is 4.28. The molecule has 6 heteroatoms. The van der Waals surface area contributed by atoms with Gasteiger partial charge in [0.1, 0.15) is 0 Å². The number of halogens is 3. The minimum Gasteiger partial charge on any atom is -0.324 e. The standard InChI is InChI=1S/C12H13F3N2O/c13-12(14,15)8-2-4-9(5-3-8)17-10(18)11(16)6-1-7-11/h2-5H,1,6-7,16H2,(H,17,18). The molecule has 18 heavy (non-hydrogen) atoms. The highest BCUT2D eigenvalue weighted by Gasteiger charge is 2.40. The Bertz CT molecular complexity index is 449. The van der Waals surface area contributed by atoms with E-state index in [1.54, 1.807) is 0 Å². The molecule has 1 aromatic rings. The number of nitrogens with one attached hydrogen (secondary N) is 1. The van der Waals surface area contributed by atoms with Gasteiger partial charge in [0.2, 0.25) is 5.91 Å². The molecule has 1 fully saturated rings. The van der Waals surface area contributed by atoms with Crippen LogP contribution >= 0.6 is 0 Å². The van der Waals surface area contributed by atoms with E-state index in [2.05, 4.69) is 5.32 Å². The van der Waals surface area contributed by atoms with Crippen molar-refractivity contribution in [2.45, 2.75) is 31.0 Å². The number of amides is 1. The predicted molar refractivity (Wildman–Crippen MR) is 60.8 cm³/mol. The van der Waals surface area contributed by atoms with Gasteiger partial charge < -0.3 is 11.1 Å². The summed E-state index contributed by atoms with van der Waals surface area (Å²) in [7, 11) is 0. The number of alkyl halides is 3. The fourth-order valence-electron chi connectivity index (χ4n) is 1.78. The largest absolute Gasteiger partial charge is 0.416 e. The molecule has 1 aromatic carbocycles. The topological polar surface area (TPSA) is 55.1 Å². The molecular weight excluding hydrogens is 245 g/mol. The van der Waals surface area contributed by atoms with E-state index in [1.807, 2.05) is 0 Å². The second-order valence-electron chi connectivity index (χ2n) is 4.54. The number of carbonyl (C=O) groups is 1. The first-order valence-electron chi connectivity index (χ1n) is 5.59. The summed E-state index contributed by atoms with van der Waals surface area (Å²) in [6, 6.07) is 4.31. The van der Waals surface area contributed by atoms with Crippen LogP contribution in [0, 0.1) is 0 Å². The number of benzene rings is 1. The molecule has 0 heterocycles. The van der Waals surface area contributed by atoms with Crippen LogP contribution in [-0.2, 0) is 11.0 Å². The van der Waals surface area contributed by atoms with Gasteiger partial charge in [0, 0.05) is 5.69 Å². The van der Waals surface area contributed by atoms with E-state index in [0.717, 1.165) is 18.6 Å². The van der Waals surface area contributed by atoms with E-state index in [-0.39, 0.29) is 5.91 Å². The quantitative estimate of drug-likeness (QED) is 0.856. The Balaban J connectivity index is 2.05. The summed E-state index contributed by atoms with van der Waals surface area (Å²) >= 11 is 0. The van der Waals surface area contributed by atoms with E-state index in [4.69, 9.17) is 5.73 Å². The summed E-state index contributed by atoms with van der Waals surface area (Å²) in [4.78, 5) is 11.7. The second-order valence-corrected chi connectivity index (χ2v) is 4.54. The van der Waals surface area contributed by atoms with Crippen molar-refractivity contribution in [2.24, 2.45) is 5.73 Å². The van der Waals surface area contributed by atoms with Crippen molar-refractivity contribution in [3.05, 3.63) is 29.8 Å². The first-order valence-corrected chi connectivity index (χ1v) is 5.59. The van der Waals surface area contributed by atoms with Gasteiger partial charge in [-0.3, -0.25) is 4.79 Å². The van der Waals surface area contributed by atoms with Crippen LogP contribution in [0.3, 0.4) is 0 Å². The zero-order valence-electron chi connectivity index (χ0n) is 9.55. The van der Waals surface area contributed by atoms with Crippen LogP contribution in [0.5, 0.6) is 0 Å². The molecule has 0 aromatic heterocycles. The third kappa shape index (κ3) is 2.48. The molecule has 1 aliphatic carbocycles. The third-order valence-corrected chi connectivity index (χ3v) is 3.17. The molecule has 98 valence electrons. The van der Waals surface area contributed by atoms with Crippen molar-refractivity contribution in [1.82, 2.24) is 0 Å². The van der Waals surface area contributed by atoms with E-state index in [9.17, 15) is 18.0 Å². The van der Waals surface area contributed by atoms with Crippen molar-refractivity contribution in [3.63, 3.8) is 0 Å². The van der Waals surface area contributed by atoms with E-state index >= 15 is 0 Å². The van der Waals surface area contributed by atoms with Gasteiger partial charge in [-0.2, -0.15) is 13.2 Å². The van der Waals surface area contributed by atoms with E-state index in [0.29, 0.717) is 18.5 Å². The van der Waals surface area contributed by atoms with Crippen LogP contribution in [0.1, 0.15) is 24.8 Å². The zero-order valence-corrected chi connectivity index (χ0v) is 9.55. The highest BCUT2D eigenvalue weighted by atomic mass is 19.4. The van der Waals surface area contributed by atoms with Crippen molar-refractivity contribution >= 4 is 11.6 Å². The molecule has 2 rings (SSSR count). The molecule has 1 amide bonds. The van der Waals surface area contributed by atoms with Crippen LogP contribution in [0.15, 0.2) is 24.3 Å². The van der Waals surface area contributed by atoms with E-state index in [1.165, 1.54) is 12.1 Å². The van der Waals surface area contributed by atoms with Crippen molar-refractivity contribution in [2.75, 3.05) is 5.32 Å². The molecule has 0 bridgehead atoms. The molecule has 0 atom stereocenters. The van der Waals surface area contributed by atoms with Crippen LogP contribution in [0.2, 0.25) is 0 Å². The molecule has 3 N–H and O–H groups in total. The normalized spacial score (nSPS) is 18.0. The Morgan fingerprint density at radius 2 is 1.78 bits per heavy atom. The third-order valence-electron chi connectivity index (χ3n) is 3.17. The highest BCUT2D eigenvalue weighted by molar-refractivity contribution is 5.98. The van der Waals surface area contributed by atoms with Crippen LogP contribution < -0.4 is 11.1 Å². The molecular formula is C12H13F3N2O. The molecule has 0 spiro atoms. The van der Waals surface area contributed by atoms with Crippen molar-refractivity contribution < 1.29 is 18.0 Å². The Morgan fingerprint density at radius 1 is 1.22 bits per heavy atom. The first kappa shape index (κ1) is 12.9. The maximum Gasteiger partial charge on any atom is 0.416 e. The SMILES string of the molecule is NC1(C(=O)Nc2ccc(C(F)(F)F)cc2)CCC1. The lowest BCUT2D eigenvalue weighted by Crippen LogP contribution is -2.56. The van der Waals surface area contributed by atoms with E-state index < -0.39 is 17.3 Å². The lowest BCUT2D eigenvalue weighted by Gasteiger charge is -2.36. The summed E-state index contributed by atoms with van der Waals surface area (Å²) in [5, 5.41) is 2.53. The Labute approximate surface area is 102 Å². The highest BCUT2D eigenvalue weighted by Crippen LogP contribution is 2.32. The number of rotatable bonds is 2. The van der Waals surface area contributed by atoms with Gasteiger partial charge in [-0.1, -0.05) is 0 Å². The average Bonchev–Trinajstić information content (AvgIpc) is 2.25.